The van der Waals surface area contributed by atoms with Gasteiger partial charge in [-0.25, -0.2) is 9.59 Å². The van der Waals surface area contributed by atoms with Gasteiger partial charge in [0.15, 0.2) is 5.82 Å². The minimum Gasteiger partial charge on any atom is -0.444 e. The average molecular weight is 367 g/mol. The van der Waals surface area contributed by atoms with Crippen LogP contribution in [-0.2, 0) is 11.2 Å². The molecule has 3 amide bonds. The zero-order valence-electron chi connectivity index (χ0n) is 16.2. The highest BCUT2D eigenvalue weighted by molar-refractivity contribution is 5.74. The second-order valence-electron chi connectivity index (χ2n) is 7.55. The van der Waals surface area contributed by atoms with E-state index in [-0.39, 0.29) is 18.2 Å². The van der Waals surface area contributed by atoms with Gasteiger partial charge in [0.25, 0.3) is 0 Å². The Bertz CT molecular complexity index is 625. The molecule has 1 aromatic rings. The molecule has 9 nitrogen and oxygen atoms in total. The second kappa shape index (κ2) is 8.37. The van der Waals surface area contributed by atoms with Crippen molar-refractivity contribution in [1.29, 1.82) is 0 Å². The van der Waals surface area contributed by atoms with E-state index in [4.69, 9.17) is 9.26 Å². The number of hydrogen-bond acceptors (Lipinski definition) is 6. The molecule has 0 aromatic carbocycles. The summed E-state index contributed by atoms with van der Waals surface area (Å²) in [6.45, 7) is 8.84. The Morgan fingerprint density at radius 3 is 2.77 bits per heavy atom. The molecule has 2 rings (SSSR count). The van der Waals surface area contributed by atoms with Gasteiger partial charge < -0.3 is 24.4 Å². The Morgan fingerprint density at radius 2 is 2.15 bits per heavy atom. The Balaban J connectivity index is 1.80. The normalized spacial score (nSPS) is 17.7. The molecule has 1 aromatic heterocycles. The number of rotatable bonds is 4. The number of piperidine rings is 1. The molecular weight excluding hydrogens is 338 g/mol. The van der Waals surface area contributed by atoms with E-state index in [9.17, 15) is 9.59 Å². The summed E-state index contributed by atoms with van der Waals surface area (Å²) in [5.74, 6) is 1.08. The van der Waals surface area contributed by atoms with E-state index in [0.29, 0.717) is 37.8 Å². The summed E-state index contributed by atoms with van der Waals surface area (Å²) in [5, 5.41) is 6.58. The first-order chi connectivity index (χ1) is 12.2. The van der Waals surface area contributed by atoms with Gasteiger partial charge in [0, 0.05) is 33.1 Å². The standard InChI is InChI=1S/C17H29N5O4/c1-12-19-14(26-20-12)8-9-18-15(23)22-10-6-7-13(11-22)21(5)16(24)25-17(2,3)4/h13H,6-11H2,1-5H3,(H,18,23)/t13-/m0/s1. The summed E-state index contributed by atoms with van der Waals surface area (Å²) in [4.78, 5) is 32.0. The van der Waals surface area contributed by atoms with E-state index < -0.39 is 5.60 Å². The molecule has 2 heterocycles. The molecule has 1 fully saturated rings. The summed E-state index contributed by atoms with van der Waals surface area (Å²) in [6.07, 6.45) is 1.81. The summed E-state index contributed by atoms with van der Waals surface area (Å²) < 4.78 is 10.4. The number of urea groups is 1. The smallest absolute Gasteiger partial charge is 0.410 e. The van der Waals surface area contributed by atoms with Gasteiger partial charge >= 0.3 is 12.1 Å². The van der Waals surface area contributed by atoms with Crippen molar-refractivity contribution < 1.29 is 18.8 Å². The van der Waals surface area contributed by atoms with E-state index in [1.165, 1.54) is 0 Å². The van der Waals surface area contributed by atoms with Crippen LogP contribution in [0.4, 0.5) is 9.59 Å². The third-order valence-corrected chi connectivity index (χ3v) is 4.10. The van der Waals surface area contributed by atoms with Crippen LogP contribution in [0.2, 0.25) is 0 Å². The number of aromatic nitrogens is 2. The van der Waals surface area contributed by atoms with E-state index in [1.54, 1.807) is 23.8 Å². The van der Waals surface area contributed by atoms with Crippen LogP contribution in [0.3, 0.4) is 0 Å². The third kappa shape index (κ3) is 5.89. The van der Waals surface area contributed by atoms with Gasteiger partial charge in [-0.1, -0.05) is 5.16 Å². The first kappa shape index (κ1) is 20.0. The monoisotopic (exact) mass is 367 g/mol. The number of hydrogen-bond donors (Lipinski definition) is 1. The summed E-state index contributed by atoms with van der Waals surface area (Å²) in [7, 11) is 1.72. The van der Waals surface area contributed by atoms with Crippen molar-refractivity contribution >= 4 is 12.1 Å². The van der Waals surface area contributed by atoms with Gasteiger partial charge in [-0.15, -0.1) is 0 Å². The van der Waals surface area contributed by atoms with Gasteiger partial charge in [-0.3, -0.25) is 0 Å². The molecule has 0 unspecified atom stereocenters. The van der Waals surface area contributed by atoms with E-state index in [1.807, 2.05) is 20.8 Å². The lowest BCUT2D eigenvalue weighted by Crippen LogP contribution is -2.53. The number of ether oxygens (including phenoxy) is 1. The largest absolute Gasteiger partial charge is 0.444 e. The van der Waals surface area contributed by atoms with E-state index in [2.05, 4.69) is 15.5 Å². The molecule has 1 aliphatic heterocycles. The van der Waals surface area contributed by atoms with Crippen molar-refractivity contribution in [2.45, 2.75) is 58.6 Å². The highest BCUT2D eigenvalue weighted by Gasteiger charge is 2.30. The lowest BCUT2D eigenvalue weighted by atomic mass is 10.1. The molecule has 26 heavy (non-hydrogen) atoms. The zero-order valence-corrected chi connectivity index (χ0v) is 16.2. The number of carbonyl (C=O) groups excluding carboxylic acids is 2. The number of nitrogens with one attached hydrogen (secondary N) is 1. The number of likely N-dealkylation sites (tertiary alicyclic amines) is 1. The maximum Gasteiger partial charge on any atom is 0.410 e. The lowest BCUT2D eigenvalue weighted by molar-refractivity contribution is 0.0155. The van der Waals surface area contributed by atoms with Crippen LogP contribution in [0.5, 0.6) is 0 Å². The minimum absolute atomic E-state index is 0.0528. The van der Waals surface area contributed by atoms with Crippen molar-refractivity contribution in [1.82, 2.24) is 25.3 Å². The Morgan fingerprint density at radius 1 is 1.42 bits per heavy atom. The number of amides is 3. The molecule has 146 valence electrons. The third-order valence-electron chi connectivity index (χ3n) is 4.10. The number of carbonyl (C=O) groups is 2. The maximum atomic E-state index is 12.4. The van der Waals surface area contributed by atoms with Crippen molar-refractivity contribution in [2.24, 2.45) is 0 Å². The van der Waals surface area contributed by atoms with E-state index in [0.717, 1.165) is 12.8 Å². The van der Waals surface area contributed by atoms with Crippen molar-refractivity contribution in [3.05, 3.63) is 11.7 Å². The van der Waals surface area contributed by atoms with Gasteiger partial charge in [-0.05, 0) is 40.5 Å². The minimum atomic E-state index is -0.538. The van der Waals surface area contributed by atoms with Crippen LogP contribution in [0.25, 0.3) is 0 Å². The average Bonchev–Trinajstić information content (AvgIpc) is 2.98. The topological polar surface area (TPSA) is 101 Å². The number of likely N-dealkylation sites (N-methyl/N-ethyl adjacent to an activating group) is 1. The van der Waals surface area contributed by atoms with Gasteiger partial charge in [-0.2, -0.15) is 4.98 Å². The number of aryl methyl sites for hydroxylation is 1. The SMILES string of the molecule is Cc1noc(CCNC(=O)N2CCC[C@H](N(C)C(=O)OC(C)(C)C)C2)n1. The van der Waals surface area contributed by atoms with Gasteiger partial charge in [0.1, 0.15) is 5.60 Å². The van der Waals surface area contributed by atoms with Gasteiger partial charge in [0.05, 0.1) is 6.04 Å². The fourth-order valence-electron chi connectivity index (χ4n) is 2.77. The molecule has 1 N–H and O–H groups in total. The van der Waals surface area contributed by atoms with Crippen LogP contribution in [-0.4, -0.2) is 70.4 Å². The molecule has 0 radical (unpaired) electrons. The second-order valence-corrected chi connectivity index (χ2v) is 7.55. The fourth-order valence-corrected chi connectivity index (χ4v) is 2.77. The van der Waals surface area contributed by atoms with Crippen LogP contribution in [0.15, 0.2) is 4.52 Å². The molecule has 0 spiro atoms. The molecule has 1 atom stereocenters. The molecule has 0 bridgehead atoms. The van der Waals surface area contributed by atoms with Crippen molar-refractivity contribution in [3.63, 3.8) is 0 Å². The first-order valence-electron chi connectivity index (χ1n) is 8.93. The molecule has 1 aliphatic rings. The Hall–Kier alpha value is -2.32. The van der Waals surface area contributed by atoms with Crippen LogP contribution in [0.1, 0.15) is 45.3 Å². The maximum absolute atomic E-state index is 12.4. The van der Waals surface area contributed by atoms with Crippen LogP contribution in [0, 0.1) is 6.92 Å². The highest BCUT2D eigenvalue weighted by atomic mass is 16.6. The van der Waals surface area contributed by atoms with Crippen LogP contribution >= 0.6 is 0 Å². The summed E-state index contributed by atoms with van der Waals surface area (Å²) in [6, 6.07) is -0.202. The Labute approximate surface area is 154 Å². The van der Waals surface area contributed by atoms with E-state index >= 15 is 0 Å². The Kier molecular flexibility index (Phi) is 6.44. The molecule has 0 aliphatic carbocycles. The van der Waals surface area contributed by atoms with Gasteiger partial charge in [0.2, 0.25) is 5.89 Å². The lowest BCUT2D eigenvalue weighted by Gasteiger charge is -2.38. The summed E-state index contributed by atoms with van der Waals surface area (Å²) >= 11 is 0. The quantitative estimate of drug-likeness (QED) is 0.873. The number of nitrogens with zero attached hydrogens (tertiary/aromatic N) is 4. The van der Waals surface area contributed by atoms with Crippen LogP contribution < -0.4 is 5.32 Å². The first-order valence-corrected chi connectivity index (χ1v) is 8.93. The molecular formula is C17H29N5O4. The zero-order chi connectivity index (χ0) is 19.3. The summed E-state index contributed by atoms with van der Waals surface area (Å²) in [5.41, 5.74) is -0.538. The van der Waals surface area contributed by atoms with Crippen molar-refractivity contribution in [2.75, 3.05) is 26.7 Å². The molecule has 1 saturated heterocycles. The highest BCUT2D eigenvalue weighted by Crippen LogP contribution is 2.18. The van der Waals surface area contributed by atoms with Crippen molar-refractivity contribution in [3.8, 4) is 0 Å². The predicted octanol–water partition coefficient (Wildman–Crippen LogP) is 1.96. The predicted molar refractivity (Wildman–Crippen MR) is 94.7 cm³/mol. The molecule has 0 saturated carbocycles. The fraction of sp³-hybridized carbons (Fsp3) is 0.765. The molecule has 9 heteroatoms.